The number of hydrogen-bond acceptors (Lipinski definition) is 4. The molecule has 0 radical (unpaired) electrons. The van der Waals surface area contributed by atoms with Gasteiger partial charge in [-0.05, 0) is 53.4 Å². The number of benzene rings is 2. The van der Waals surface area contributed by atoms with E-state index < -0.39 is 9.84 Å². The maximum atomic E-state index is 11.4. The molecule has 3 rings (SSSR count). The summed E-state index contributed by atoms with van der Waals surface area (Å²) in [4.78, 5) is 0. The maximum absolute atomic E-state index is 11.4. The van der Waals surface area contributed by atoms with Gasteiger partial charge in [-0.15, -0.1) is 0 Å². The van der Waals surface area contributed by atoms with Gasteiger partial charge in [0.2, 0.25) is 0 Å². The monoisotopic (exact) mass is 319 g/mol. The van der Waals surface area contributed by atoms with Crippen LogP contribution in [0.1, 0.15) is 12.0 Å². The number of nitrogens with one attached hydrogen (secondary N) is 1. The minimum absolute atomic E-state index is 0.259. The lowest BCUT2D eigenvalue weighted by atomic mass is 10.1. The van der Waals surface area contributed by atoms with Gasteiger partial charge < -0.3 is 10.1 Å². The highest BCUT2D eigenvalue weighted by Crippen LogP contribution is 2.22. The lowest BCUT2D eigenvalue weighted by Crippen LogP contribution is -2.23. The Morgan fingerprint density at radius 3 is 2.68 bits per heavy atom. The average Bonchev–Trinajstić information content (AvgIpc) is 2.86. The Labute approximate surface area is 131 Å². The first-order valence-electron chi connectivity index (χ1n) is 7.53. The van der Waals surface area contributed by atoms with E-state index in [0.29, 0.717) is 11.5 Å². The predicted octanol–water partition coefficient (Wildman–Crippen LogP) is 2.37. The highest BCUT2D eigenvalue weighted by atomic mass is 32.2. The van der Waals surface area contributed by atoms with E-state index in [1.54, 1.807) is 7.11 Å². The molecule has 5 heteroatoms. The SMILES string of the molecule is COc1ccc2cc(CNC[C@H]3CCS(=O)(=O)C3)ccc2c1. The third-order valence-electron chi connectivity index (χ3n) is 4.20. The van der Waals surface area contributed by atoms with E-state index in [1.807, 2.05) is 12.1 Å². The molecule has 1 atom stereocenters. The number of fused-ring (bicyclic) bond motifs is 1. The number of methoxy groups -OCH3 is 1. The molecule has 1 aliphatic heterocycles. The van der Waals surface area contributed by atoms with Crippen LogP contribution in [0.2, 0.25) is 0 Å². The normalized spacial score (nSPS) is 20.3. The molecule has 0 spiro atoms. The molecule has 118 valence electrons. The average molecular weight is 319 g/mol. The molecule has 0 aliphatic carbocycles. The van der Waals surface area contributed by atoms with E-state index in [9.17, 15) is 8.42 Å². The molecule has 1 saturated heterocycles. The van der Waals surface area contributed by atoms with E-state index in [-0.39, 0.29) is 5.92 Å². The van der Waals surface area contributed by atoms with Gasteiger partial charge in [0.1, 0.15) is 5.75 Å². The van der Waals surface area contributed by atoms with Crippen LogP contribution < -0.4 is 10.1 Å². The first-order valence-corrected chi connectivity index (χ1v) is 9.36. The van der Waals surface area contributed by atoms with Gasteiger partial charge in [-0.25, -0.2) is 8.42 Å². The van der Waals surface area contributed by atoms with Gasteiger partial charge in [0, 0.05) is 6.54 Å². The van der Waals surface area contributed by atoms with Gasteiger partial charge in [0.25, 0.3) is 0 Å². The van der Waals surface area contributed by atoms with Gasteiger partial charge in [-0.3, -0.25) is 0 Å². The number of hydrogen-bond donors (Lipinski definition) is 1. The van der Waals surface area contributed by atoms with E-state index in [2.05, 4.69) is 29.6 Å². The van der Waals surface area contributed by atoms with Crippen molar-refractivity contribution in [2.24, 2.45) is 5.92 Å². The molecule has 0 saturated carbocycles. The Bertz CT molecular complexity index is 771. The molecule has 1 aliphatic rings. The number of ether oxygens (including phenoxy) is 1. The fraction of sp³-hybridized carbons (Fsp3) is 0.412. The summed E-state index contributed by atoms with van der Waals surface area (Å²) in [7, 11) is -1.11. The predicted molar refractivity (Wildman–Crippen MR) is 89.0 cm³/mol. The Morgan fingerprint density at radius 2 is 1.95 bits per heavy atom. The summed E-state index contributed by atoms with van der Waals surface area (Å²) in [6.45, 7) is 1.53. The number of sulfone groups is 1. The molecule has 0 amide bonds. The molecule has 0 unspecified atom stereocenters. The molecular weight excluding hydrogens is 298 g/mol. The summed E-state index contributed by atoms with van der Waals surface area (Å²) in [5.41, 5.74) is 1.21. The molecule has 0 aromatic heterocycles. The van der Waals surface area contributed by atoms with E-state index >= 15 is 0 Å². The van der Waals surface area contributed by atoms with Gasteiger partial charge in [0.05, 0.1) is 18.6 Å². The maximum Gasteiger partial charge on any atom is 0.150 e. The largest absolute Gasteiger partial charge is 0.497 e. The van der Waals surface area contributed by atoms with Crippen molar-refractivity contribution in [2.45, 2.75) is 13.0 Å². The van der Waals surface area contributed by atoms with Crippen molar-refractivity contribution < 1.29 is 13.2 Å². The number of rotatable bonds is 5. The van der Waals surface area contributed by atoms with Crippen molar-refractivity contribution in [3.8, 4) is 5.75 Å². The molecule has 2 aromatic rings. The molecule has 2 aromatic carbocycles. The molecular formula is C17H21NO3S. The van der Waals surface area contributed by atoms with Crippen LogP contribution in [-0.4, -0.2) is 33.6 Å². The molecule has 22 heavy (non-hydrogen) atoms. The lowest BCUT2D eigenvalue weighted by molar-refractivity contribution is 0.415. The summed E-state index contributed by atoms with van der Waals surface area (Å²) in [5.74, 6) is 1.80. The Balaban J connectivity index is 1.60. The topological polar surface area (TPSA) is 55.4 Å². The summed E-state index contributed by atoms with van der Waals surface area (Å²) < 4.78 is 28.1. The van der Waals surface area contributed by atoms with Gasteiger partial charge in [0.15, 0.2) is 9.84 Å². The first kappa shape index (κ1) is 15.3. The van der Waals surface area contributed by atoms with Gasteiger partial charge in [-0.1, -0.05) is 18.2 Å². The first-order chi connectivity index (χ1) is 10.6. The zero-order valence-electron chi connectivity index (χ0n) is 12.7. The standard InChI is InChI=1S/C17H21NO3S/c1-21-17-5-4-15-8-13(2-3-16(15)9-17)10-18-11-14-6-7-22(19,20)12-14/h2-5,8-9,14,18H,6-7,10-12H2,1H3/t14-/m1/s1. The van der Waals surface area contributed by atoms with Crippen LogP contribution in [0.15, 0.2) is 36.4 Å². The van der Waals surface area contributed by atoms with E-state index in [0.717, 1.165) is 30.6 Å². The molecule has 1 fully saturated rings. The van der Waals surface area contributed by atoms with Crippen LogP contribution in [-0.2, 0) is 16.4 Å². The minimum Gasteiger partial charge on any atom is -0.497 e. The smallest absolute Gasteiger partial charge is 0.150 e. The summed E-state index contributed by atoms with van der Waals surface area (Å²) in [6, 6.07) is 12.4. The molecule has 1 N–H and O–H groups in total. The van der Waals surface area contributed by atoms with Crippen LogP contribution in [0.25, 0.3) is 10.8 Å². The van der Waals surface area contributed by atoms with Crippen molar-refractivity contribution >= 4 is 20.6 Å². The minimum atomic E-state index is -2.78. The van der Waals surface area contributed by atoms with Crippen molar-refractivity contribution in [1.29, 1.82) is 0 Å². The third kappa shape index (κ3) is 3.59. The Hall–Kier alpha value is -1.59. The zero-order chi connectivity index (χ0) is 15.6. The highest BCUT2D eigenvalue weighted by molar-refractivity contribution is 7.91. The van der Waals surface area contributed by atoms with Gasteiger partial charge in [-0.2, -0.15) is 0 Å². The van der Waals surface area contributed by atoms with Gasteiger partial charge >= 0.3 is 0 Å². The van der Waals surface area contributed by atoms with Crippen molar-refractivity contribution in [3.63, 3.8) is 0 Å². The lowest BCUT2D eigenvalue weighted by Gasteiger charge is -2.10. The second-order valence-corrected chi connectivity index (χ2v) is 8.18. The molecule has 0 bridgehead atoms. The quantitative estimate of drug-likeness (QED) is 0.919. The third-order valence-corrected chi connectivity index (χ3v) is 6.04. The Kier molecular flexibility index (Phi) is 4.36. The van der Waals surface area contributed by atoms with Crippen molar-refractivity contribution in [1.82, 2.24) is 5.32 Å². The fourth-order valence-corrected chi connectivity index (χ4v) is 4.83. The Morgan fingerprint density at radius 1 is 1.18 bits per heavy atom. The van der Waals surface area contributed by atoms with Crippen molar-refractivity contribution in [2.75, 3.05) is 25.2 Å². The molecule has 1 heterocycles. The summed E-state index contributed by atoms with van der Waals surface area (Å²) in [6.07, 6.45) is 0.785. The van der Waals surface area contributed by atoms with Crippen LogP contribution in [0.3, 0.4) is 0 Å². The van der Waals surface area contributed by atoms with Crippen LogP contribution in [0, 0.1) is 5.92 Å². The van der Waals surface area contributed by atoms with E-state index in [4.69, 9.17) is 4.74 Å². The molecule has 4 nitrogen and oxygen atoms in total. The second kappa shape index (κ2) is 6.26. The zero-order valence-corrected chi connectivity index (χ0v) is 13.5. The summed E-state index contributed by atoms with van der Waals surface area (Å²) >= 11 is 0. The highest BCUT2D eigenvalue weighted by Gasteiger charge is 2.27. The van der Waals surface area contributed by atoms with Crippen molar-refractivity contribution in [3.05, 3.63) is 42.0 Å². The van der Waals surface area contributed by atoms with Crippen LogP contribution in [0.5, 0.6) is 5.75 Å². The van der Waals surface area contributed by atoms with E-state index in [1.165, 1.54) is 10.9 Å². The van der Waals surface area contributed by atoms with Crippen LogP contribution >= 0.6 is 0 Å². The van der Waals surface area contributed by atoms with Crippen LogP contribution in [0.4, 0.5) is 0 Å². The second-order valence-electron chi connectivity index (χ2n) is 5.95. The summed E-state index contributed by atoms with van der Waals surface area (Å²) in [5, 5.41) is 5.72. The fourth-order valence-electron chi connectivity index (χ4n) is 2.96.